The van der Waals surface area contributed by atoms with Gasteiger partial charge in [-0.1, -0.05) is 11.6 Å². The Bertz CT molecular complexity index is 1130. The molecule has 3 aromatic rings. The molecule has 0 radical (unpaired) electrons. The Morgan fingerprint density at radius 2 is 1.93 bits per heavy atom. The maximum absolute atomic E-state index is 13.1. The maximum atomic E-state index is 13.1. The summed E-state index contributed by atoms with van der Waals surface area (Å²) < 4.78 is 76.3. The highest BCUT2D eigenvalue weighted by Gasteiger charge is 2.37. The predicted molar refractivity (Wildman–Crippen MR) is 91.0 cm³/mol. The lowest BCUT2D eigenvalue weighted by Crippen LogP contribution is -2.09. The lowest BCUT2D eigenvalue weighted by molar-refractivity contribution is -0.144. The minimum absolute atomic E-state index is 0.0164. The number of halogens is 4. The number of alkyl halides is 3. The van der Waals surface area contributed by atoms with Crippen LogP contribution in [0.15, 0.2) is 41.6 Å². The van der Waals surface area contributed by atoms with Crippen molar-refractivity contribution in [3.63, 3.8) is 0 Å². The van der Waals surface area contributed by atoms with Gasteiger partial charge < -0.3 is 4.74 Å². The summed E-state index contributed by atoms with van der Waals surface area (Å²) in [4.78, 5) is 7.05. The summed E-state index contributed by atoms with van der Waals surface area (Å²) in [6.07, 6.45) is -3.88. The average molecular weight is 435 g/mol. The predicted octanol–water partition coefficient (Wildman–Crippen LogP) is 3.26. The summed E-state index contributed by atoms with van der Waals surface area (Å²) in [7, 11) is -3.18. The fraction of sp³-hybridized carbons (Fsp3) is 0.133. The number of pyridine rings is 1. The average Bonchev–Trinajstić information content (AvgIpc) is 3.07. The number of aromatic nitrogens is 4. The van der Waals surface area contributed by atoms with Crippen molar-refractivity contribution < 1.29 is 30.9 Å². The van der Waals surface area contributed by atoms with Crippen molar-refractivity contribution in [1.29, 1.82) is 0 Å². The molecule has 0 saturated heterocycles. The quantitative estimate of drug-likeness (QED) is 0.628. The smallest absolute Gasteiger partial charge is 0.453 e. The molecule has 8 nitrogen and oxygen atoms in total. The second kappa shape index (κ2) is 7.04. The summed E-state index contributed by atoms with van der Waals surface area (Å²) in [6.45, 7) is 0. The van der Waals surface area contributed by atoms with Crippen molar-refractivity contribution in [2.24, 2.45) is 0 Å². The van der Waals surface area contributed by atoms with E-state index in [9.17, 15) is 21.6 Å². The molecule has 148 valence electrons. The van der Waals surface area contributed by atoms with E-state index < -0.39 is 27.1 Å². The van der Waals surface area contributed by atoms with E-state index in [1.165, 1.54) is 25.3 Å². The molecule has 1 aromatic carbocycles. The highest BCUT2D eigenvalue weighted by molar-refractivity contribution is 7.85. The fourth-order valence-electron chi connectivity index (χ4n) is 2.25. The van der Waals surface area contributed by atoms with Crippen molar-refractivity contribution in [2.75, 3.05) is 7.11 Å². The van der Waals surface area contributed by atoms with Crippen molar-refractivity contribution in [2.45, 2.75) is 11.2 Å². The molecule has 0 spiro atoms. The second-order valence-corrected chi connectivity index (χ2v) is 7.12. The van der Waals surface area contributed by atoms with Crippen molar-refractivity contribution in [1.82, 2.24) is 19.7 Å². The largest absolute Gasteiger partial charge is 0.495 e. The first kappa shape index (κ1) is 20.0. The Kier molecular flexibility index (Phi) is 5.04. The van der Waals surface area contributed by atoms with Crippen LogP contribution in [0.4, 0.5) is 13.2 Å². The zero-order chi connectivity index (χ0) is 20.7. The van der Waals surface area contributed by atoms with Gasteiger partial charge >= 0.3 is 16.3 Å². The van der Waals surface area contributed by atoms with Gasteiger partial charge in [0.15, 0.2) is 10.9 Å². The SMILES string of the molecule is COc1ccc(-c2nc(C(F)(F)F)nn2-c2ccc(S(=O)(=O)O)nc2)cc1Cl. The van der Waals surface area contributed by atoms with Gasteiger partial charge in [0.05, 0.1) is 24.0 Å². The van der Waals surface area contributed by atoms with Crippen LogP contribution in [0, 0.1) is 0 Å². The van der Waals surface area contributed by atoms with Crippen molar-refractivity contribution in [3.05, 3.63) is 47.4 Å². The summed E-state index contributed by atoms with van der Waals surface area (Å²) in [5, 5.41) is 2.92. The van der Waals surface area contributed by atoms with Crippen LogP contribution in [0.2, 0.25) is 5.02 Å². The Morgan fingerprint density at radius 1 is 1.21 bits per heavy atom. The molecular formula is C15H10ClF3N4O4S. The normalized spacial score (nSPS) is 12.2. The van der Waals surface area contributed by atoms with Gasteiger partial charge in [0.2, 0.25) is 0 Å². The summed E-state index contributed by atoms with van der Waals surface area (Å²) in [5.74, 6) is -1.31. The zero-order valence-electron chi connectivity index (χ0n) is 13.8. The lowest BCUT2D eigenvalue weighted by atomic mass is 10.2. The van der Waals surface area contributed by atoms with Gasteiger partial charge in [-0.15, -0.1) is 5.10 Å². The lowest BCUT2D eigenvalue weighted by Gasteiger charge is -2.08. The maximum Gasteiger partial charge on any atom is 0.453 e. The molecule has 0 saturated carbocycles. The molecule has 28 heavy (non-hydrogen) atoms. The number of rotatable bonds is 4. The third kappa shape index (κ3) is 3.93. The first-order chi connectivity index (χ1) is 13.0. The first-order valence-electron chi connectivity index (χ1n) is 7.33. The van der Waals surface area contributed by atoms with Crippen LogP contribution in [0.25, 0.3) is 17.1 Å². The number of hydrogen-bond donors (Lipinski definition) is 1. The summed E-state index contributed by atoms with van der Waals surface area (Å²) in [5.41, 5.74) is 0.185. The van der Waals surface area contributed by atoms with Crippen LogP contribution in [0.1, 0.15) is 5.82 Å². The van der Waals surface area contributed by atoms with E-state index in [1.807, 2.05) is 0 Å². The third-order valence-corrected chi connectivity index (χ3v) is 4.57. The first-order valence-corrected chi connectivity index (χ1v) is 9.14. The number of hydrogen-bond acceptors (Lipinski definition) is 6. The molecule has 0 atom stereocenters. The van der Waals surface area contributed by atoms with Crippen molar-refractivity contribution in [3.8, 4) is 22.8 Å². The van der Waals surface area contributed by atoms with Gasteiger partial charge in [0, 0.05) is 5.56 Å². The van der Waals surface area contributed by atoms with Crippen LogP contribution in [0.3, 0.4) is 0 Å². The van der Waals surface area contributed by atoms with E-state index in [4.69, 9.17) is 20.9 Å². The number of nitrogens with zero attached hydrogens (tertiary/aromatic N) is 4. The van der Waals surface area contributed by atoms with Gasteiger partial charge in [0.25, 0.3) is 5.82 Å². The minimum atomic E-state index is -4.82. The molecule has 13 heteroatoms. The van der Waals surface area contributed by atoms with Gasteiger partial charge in [0.1, 0.15) is 5.75 Å². The number of benzene rings is 1. The molecule has 2 aromatic heterocycles. The molecule has 0 fully saturated rings. The van der Waals surface area contributed by atoms with Gasteiger partial charge in [-0.3, -0.25) is 4.55 Å². The summed E-state index contributed by atoms with van der Waals surface area (Å²) >= 11 is 6.03. The molecule has 0 unspecified atom stereocenters. The molecule has 3 rings (SSSR count). The molecule has 2 heterocycles. The van der Waals surface area contributed by atoms with Crippen LogP contribution in [-0.4, -0.2) is 39.8 Å². The number of ether oxygens (including phenoxy) is 1. The standard InChI is InChI=1S/C15H10ClF3N4O4S/c1-27-11-4-2-8(6-10(11)16)13-21-14(15(17,18)19)22-23(13)9-3-5-12(20-7-9)28(24,25)26/h2-7H,1H3,(H,24,25,26). The fourth-order valence-corrected chi connectivity index (χ4v) is 2.94. The van der Waals surface area contributed by atoms with Crippen LogP contribution in [0.5, 0.6) is 5.75 Å². The number of methoxy groups -OCH3 is 1. The van der Waals surface area contributed by atoms with E-state index in [2.05, 4.69) is 15.1 Å². The Hall–Kier alpha value is -2.70. The molecular weight excluding hydrogens is 425 g/mol. The van der Waals surface area contributed by atoms with Gasteiger partial charge in [-0.05, 0) is 30.3 Å². The molecule has 0 aliphatic heterocycles. The van der Waals surface area contributed by atoms with E-state index in [0.29, 0.717) is 5.75 Å². The van der Waals surface area contributed by atoms with E-state index in [0.717, 1.165) is 23.0 Å². The van der Waals surface area contributed by atoms with Gasteiger partial charge in [-0.25, -0.2) is 14.6 Å². The van der Waals surface area contributed by atoms with Crippen LogP contribution < -0.4 is 4.74 Å². The van der Waals surface area contributed by atoms with Gasteiger partial charge in [-0.2, -0.15) is 21.6 Å². The third-order valence-electron chi connectivity index (χ3n) is 3.50. The van der Waals surface area contributed by atoms with Crippen LogP contribution >= 0.6 is 11.6 Å². The van der Waals surface area contributed by atoms with Crippen LogP contribution in [-0.2, 0) is 16.3 Å². The second-order valence-electron chi connectivity index (χ2n) is 5.35. The molecule has 0 aliphatic rings. The van der Waals surface area contributed by atoms with E-state index >= 15 is 0 Å². The molecule has 0 bridgehead atoms. The zero-order valence-corrected chi connectivity index (χ0v) is 15.4. The highest BCUT2D eigenvalue weighted by Crippen LogP contribution is 2.33. The summed E-state index contributed by atoms with van der Waals surface area (Å²) in [6, 6.07) is 6.28. The molecule has 0 amide bonds. The van der Waals surface area contributed by atoms with E-state index in [1.54, 1.807) is 0 Å². The monoisotopic (exact) mass is 434 g/mol. The molecule has 1 N–H and O–H groups in total. The Balaban J connectivity index is 2.18. The Morgan fingerprint density at radius 3 is 2.43 bits per heavy atom. The minimum Gasteiger partial charge on any atom is -0.495 e. The van der Waals surface area contributed by atoms with E-state index in [-0.39, 0.29) is 22.1 Å². The topological polar surface area (TPSA) is 107 Å². The Labute approximate surface area is 161 Å². The molecule has 0 aliphatic carbocycles. The van der Waals surface area contributed by atoms with Crippen molar-refractivity contribution >= 4 is 21.7 Å². The highest BCUT2D eigenvalue weighted by atomic mass is 35.5.